The number of hydrogen-bond donors (Lipinski definition) is 3. The highest BCUT2D eigenvalue weighted by Gasteiger charge is 2.22. The Labute approximate surface area is 125 Å². The number of anilines is 1. The Kier molecular flexibility index (Phi) is 5.87. The zero-order chi connectivity index (χ0) is 15.1. The summed E-state index contributed by atoms with van der Waals surface area (Å²) in [6.07, 6.45) is 4.69. The monoisotopic (exact) mass is 292 g/mol. The van der Waals surface area contributed by atoms with Gasteiger partial charge in [0, 0.05) is 11.8 Å². The van der Waals surface area contributed by atoms with Crippen LogP contribution in [0.25, 0.3) is 0 Å². The van der Waals surface area contributed by atoms with Gasteiger partial charge in [0.1, 0.15) is 5.75 Å². The molecule has 2 atom stereocenters. The van der Waals surface area contributed by atoms with Gasteiger partial charge < -0.3 is 20.9 Å². The highest BCUT2D eigenvalue weighted by Crippen LogP contribution is 2.18. The molecule has 0 spiro atoms. The molecule has 1 aliphatic carbocycles. The summed E-state index contributed by atoms with van der Waals surface area (Å²) in [5.74, 6) is 0.585. The van der Waals surface area contributed by atoms with Crippen LogP contribution in [0.5, 0.6) is 5.75 Å². The van der Waals surface area contributed by atoms with Crippen LogP contribution < -0.4 is 15.8 Å². The summed E-state index contributed by atoms with van der Waals surface area (Å²) in [5, 5.41) is 12.9. The van der Waals surface area contributed by atoms with Crippen molar-refractivity contribution in [3.63, 3.8) is 0 Å². The molecule has 0 bridgehead atoms. The van der Waals surface area contributed by atoms with Gasteiger partial charge in [0.2, 0.25) is 5.91 Å². The summed E-state index contributed by atoms with van der Waals surface area (Å²) in [7, 11) is 0. The number of carbonyl (C=O) groups excluding carboxylic acids is 1. The summed E-state index contributed by atoms with van der Waals surface area (Å²) < 4.78 is 5.49. The van der Waals surface area contributed by atoms with Crippen LogP contribution >= 0.6 is 0 Å². The Bertz CT molecular complexity index is 465. The molecule has 0 aliphatic heterocycles. The topological polar surface area (TPSA) is 84.6 Å². The Morgan fingerprint density at radius 3 is 2.95 bits per heavy atom. The zero-order valence-corrected chi connectivity index (χ0v) is 12.3. The first-order chi connectivity index (χ1) is 10.1. The Balaban J connectivity index is 1.71. The lowest BCUT2D eigenvalue weighted by Crippen LogP contribution is -2.43. The first kappa shape index (κ1) is 15.6. The van der Waals surface area contributed by atoms with Gasteiger partial charge in [-0.3, -0.25) is 4.79 Å². The number of aliphatic hydroxyl groups is 1. The van der Waals surface area contributed by atoms with Crippen LogP contribution in [0, 0.1) is 0 Å². The van der Waals surface area contributed by atoms with Crippen molar-refractivity contribution in [3.8, 4) is 5.75 Å². The molecule has 5 heteroatoms. The van der Waals surface area contributed by atoms with Gasteiger partial charge in [-0.1, -0.05) is 25.3 Å². The predicted octanol–water partition coefficient (Wildman–Crippen LogP) is 1.85. The summed E-state index contributed by atoms with van der Waals surface area (Å²) in [4.78, 5) is 11.9. The fourth-order valence-corrected chi connectivity index (χ4v) is 2.60. The lowest BCUT2D eigenvalue weighted by atomic mass is 10.1. The number of amides is 1. The van der Waals surface area contributed by atoms with Crippen LogP contribution in [-0.2, 0) is 4.79 Å². The van der Waals surface area contributed by atoms with Gasteiger partial charge in [-0.25, -0.2) is 0 Å². The smallest absolute Gasteiger partial charge is 0.223 e. The van der Waals surface area contributed by atoms with Gasteiger partial charge in [-0.2, -0.15) is 0 Å². The normalized spacial score (nSPS) is 22.3. The van der Waals surface area contributed by atoms with E-state index in [1.54, 1.807) is 12.1 Å². The van der Waals surface area contributed by atoms with Crippen molar-refractivity contribution in [1.29, 1.82) is 0 Å². The molecule has 1 saturated carbocycles. The molecule has 2 unspecified atom stereocenters. The molecule has 0 saturated heterocycles. The second kappa shape index (κ2) is 7.88. The third-order valence-electron chi connectivity index (χ3n) is 3.78. The standard InChI is InChI=1S/C16H24N2O3/c17-12-5-4-6-13(11-12)21-10-9-16(20)18-14-7-2-1-3-8-15(14)19/h4-6,11,14-15,19H,1-3,7-10,17H2,(H,18,20). The molecule has 1 aromatic rings. The van der Waals surface area contributed by atoms with Crippen molar-refractivity contribution in [2.45, 2.75) is 50.7 Å². The maximum absolute atomic E-state index is 11.9. The highest BCUT2D eigenvalue weighted by molar-refractivity contribution is 5.76. The molecular weight excluding hydrogens is 268 g/mol. The number of carbonyl (C=O) groups is 1. The quantitative estimate of drug-likeness (QED) is 0.571. The summed E-state index contributed by atoms with van der Waals surface area (Å²) in [6.45, 7) is 0.304. The van der Waals surface area contributed by atoms with E-state index >= 15 is 0 Å². The lowest BCUT2D eigenvalue weighted by Gasteiger charge is -2.21. The van der Waals surface area contributed by atoms with Gasteiger partial charge in [0.05, 0.1) is 25.2 Å². The van der Waals surface area contributed by atoms with Crippen molar-refractivity contribution in [2.75, 3.05) is 12.3 Å². The number of nitrogens with two attached hydrogens (primary N) is 1. The third kappa shape index (κ3) is 5.27. The van der Waals surface area contributed by atoms with E-state index < -0.39 is 6.10 Å². The molecule has 4 N–H and O–H groups in total. The van der Waals surface area contributed by atoms with E-state index in [9.17, 15) is 9.90 Å². The van der Waals surface area contributed by atoms with E-state index in [4.69, 9.17) is 10.5 Å². The Hall–Kier alpha value is -1.75. The Morgan fingerprint density at radius 1 is 1.33 bits per heavy atom. The molecule has 1 aromatic carbocycles. The molecule has 5 nitrogen and oxygen atoms in total. The number of rotatable bonds is 5. The SMILES string of the molecule is Nc1cccc(OCCC(=O)NC2CCCCCC2O)c1. The average molecular weight is 292 g/mol. The average Bonchev–Trinajstić information content (AvgIpc) is 2.64. The van der Waals surface area contributed by atoms with Crippen molar-refractivity contribution in [2.24, 2.45) is 0 Å². The summed E-state index contributed by atoms with van der Waals surface area (Å²) >= 11 is 0. The van der Waals surface area contributed by atoms with Gasteiger partial charge in [-0.15, -0.1) is 0 Å². The van der Waals surface area contributed by atoms with E-state index in [1.807, 2.05) is 12.1 Å². The number of nitrogen functional groups attached to an aromatic ring is 1. The second-order valence-electron chi connectivity index (χ2n) is 5.55. The molecular formula is C16H24N2O3. The molecule has 0 radical (unpaired) electrons. The van der Waals surface area contributed by atoms with E-state index in [0.717, 1.165) is 32.1 Å². The minimum absolute atomic E-state index is 0.0788. The largest absolute Gasteiger partial charge is 0.493 e. The minimum Gasteiger partial charge on any atom is -0.493 e. The maximum Gasteiger partial charge on any atom is 0.223 e. The molecule has 0 heterocycles. The predicted molar refractivity (Wildman–Crippen MR) is 82.0 cm³/mol. The van der Waals surface area contributed by atoms with Crippen LogP contribution in [0.3, 0.4) is 0 Å². The maximum atomic E-state index is 11.9. The van der Waals surface area contributed by atoms with Crippen LogP contribution in [0.2, 0.25) is 0 Å². The highest BCUT2D eigenvalue weighted by atomic mass is 16.5. The van der Waals surface area contributed by atoms with E-state index in [2.05, 4.69) is 5.32 Å². The van der Waals surface area contributed by atoms with E-state index in [1.165, 1.54) is 0 Å². The second-order valence-corrected chi connectivity index (χ2v) is 5.55. The van der Waals surface area contributed by atoms with Crippen molar-refractivity contribution in [1.82, 2.24) is 5.32 Å². The van der Waals surface area contributed by atoms with E-state index in [-0.39, 0.29) is 18.4 Å². The van der Waals surface area contributed by atoms with Crippen LogP contribution in [0.15, 0.2) is 24.3 Å². The molecule has 2 rings (SSSR count). The van der Waals surface area contributed by atoms with Crippen LogP contribution in [0.4, 0.5) is 5.69 Å². The zero-order valence-electron chi connectivity index (χ0n) is 12.3. The minimum atomic E-state index is -0.425. The molecule has 1 aliphatic rings. The van der Waals surface area contributed by atoms with Crippen molar-refractivity contribution < 1.29 is 14.6 Å². The van der Waals surface area contributed by atoms with Crippen molar-refractivity contribution in [3.05, 3.63) is 24.3 Å². The first-order valence-electron chi connectivity index (χ1n) is 7.61. The molecule has 21 heavy (non-hydrogen) atoms. The number of benzene rings is 1. The van der Waals surface area contributed by atoms with Gasteiger partial charge in [0.15, 0.2) is 0 Å². The fraction of sp³-hybridized carbons (Fsp3) is 0.562. The Morgan fingerprint density at radius 2 is 2.14 bits per heavy atom. The van der Waals surface area contributed by atoms with E-state index in [0.29, 0.717) is 18.0 Å². The van der Waals surface area contributed by atoms with Crippen molar-refractivity contribution >= 4 is 11.6 Å². The van der Waals surface area contributed by atoms with Gasteiger partial charge in [-0.05, 0) is 25.0 Å². The summed E-state index contributed by atoms with van der Waals surface area (Å²) in [5.41, 5.74) is 6.29. The summed E-state index contributed by atoms with van der Waals surface area (Å²) in [6, 6.07) is 7.02. The molecule has 0 aromatic heterocycles. The van der Waals surface area contributed by atoms with Crippen LogP contribution in [-0.4, -0.2) is 29.8 Å². The molecule has 1 fully saturated rings. The number of nitrogens with one attached hydrogen (secondary N) is 1. The molecule has 116 valence electrons. The first-order valence-corrected chi connectivity index (χ1v) is 7.61. The van der Waals surface area contributed by atoms with Gasteiger partial charge in [0.25, 0.3) is 0 Å². The van der Waals surface area contributed by atoms with Gasteiger partial charge >= 0.3 is 0 Å². The third-order valence-corrected chi connectivity index (χ3v) is 3.78. The number of aliphatic hydroxyl groups excluding tert-OH is 1. The fourth-order valence-electron chi connectivity index (χ4n) is 2.60. The number of hydrogen-bond acceptors (Lipinski definition) is 4. The number of ether oxygens (including phenoxy) is 1. The lowest BCUT2D eigenvalue weighted by molar-refractivity contribution is -0.123. The molecule has 1 amide bonds. The van der Waals surface area contributed by atoms with Crippen LogP contribution in [0.1, 0.15) is 38.5 Å².